The number of nitrogens with one attached hydrogen (secondary N) is 2. The first-order valence-electron chi connectivity index (χ1n) is 11.4. The van der Waals surface area contributed by atoms with E-state index < -0.39 is 0 Å². The number of rotatable bonds is 10. The lowest BCUT2D eigenvalue weighted by Gasteiger charge is -2.33. The van der Waals surface area contributed by atoms with Gasteiger partial charge in [0, 0.05) is 39.3 Å². The van der Waals surface area contributed by atoms with Crippen molar-refractivity contribution in [1.29, 1.82) is 0 Å². The number of nitrogens with zero attached hydrogens (tertiary/aromatic N) is 2. The summed E-state index contributed by atoms with van der Waals surface area (Å²) in [4.78, 5) is 6.91. The molecule has 2 rings (SSSR count). The van der Waals surface area contributed by atoms with E-state index in [-0.39, 0.29) is 0 Å². The number of ether oxygens (including phenoxy) is 1. The van der Waals surface area contributed by atoms with Crippen molar-refractivity contribution in [3.8, 4) is 0 Å². The van der Waals surface area contributed by atoms with Gasteiger partial charge in [0.05, 0.1) is 12.7 Å². The first-order chi connectivity index (χ1) is 14.0. The number of guanidine groups is 1. The molecule has 0 bridgehead atoms. The van der Waals surface area contributed by atoms with Gasteiger partial charge in [-0.25, -0.2) is 0 Å². The van der Waals surface area contributed by atoms with E-state index in [0.717, 1.165) is 64.4 Å². The van der Waals surface area contributed by atoms with Crippen molar-refractivity contribution in [3.63, 3.8) is 0 Å². The largest absolute Gasteiger partial charge is 0.377 e. The second kappa shape index (κ2) is 12.9. The Kier molecular flexibility index (Phi) is 10.5. The van der Waals surface area contributed by atoms with Crippen LogP contribution in [0.15, 0.2) is 29.3 Å². The molecule has 1 saturated heterocycles. The van der Waals surface area contributed by atoms with Gasteiger partial charge in [-0.3, -0.25) is 4.99 Å². The highest BCUT2D eigenvalue weighted by Crippen LogP contribution is 2.15. The van der Waals surface area contributed by atoms with E-state index in [2.05, 4.69) is 72.5 Å². The fourth-order valence-electron chi connectivity index (χ4n) is 3.67. The lowest BCUT2D eigenvalue weighted by atomic mass is 10.0. The summed E-state index contributed by atoms with van der Waals surface area (Å²) in [5.74, 6) is 1.53. The number of aliphatic imine (C=N–C) groups is 1. The van der Waals surface area contributed by atoms with Crippen molar-refractivity contribution in [3.05, 3.63) is 35.4 Å². The predicted molar refractivity (Wildman–Crippen MR) is 124 cm³/mol. The average Bonchev–Trinajstić information content (AvgIpc) is 2.71. The van der Waals surface area contributed by atoms with Gasteiger partial charge < -0.3 is 20.3 Å². The molecule has 0 amide bonds. The van der Waals surface area contributed by atoms with Crippen LogP contribution in [0, 0.1) is 0 Å². The smallest absolute Gasteiger partial charge is 0.191 e. The lowest BCUT2D eigenvalue weighted by molar-refractivity contribution is 0.0532. The average molecular weight is 403 g/mol. The van der Waals surface area contributed by atoms with Crippen LogP contribution in [0.25, 0.3) is 0 Å². The van der Waals surface area contributed by atoms with Crippen LogP contribution in [0.4, 0.5) is 0 Å². The molecule has 0 atom stereocenters. The van der Waals surface area contributed by atoms with Crippen molar-refractivity contribution in [2.75, 3.05) is 39.8 Å². The molecule has 2 N–H and O–H groups in total. The van der Waals surface area contributed by atoms with E-state index in [0.29, 0.717) is 18.1 Å². The molecule has 0 radical (unpaired) electrons. The normalized spacial score (nSPS) is 16.6. The topological polar surface area (TPSA) is 48.9 Å². The fourth-order valence-corrected chi connectivity index (χ4v) is 3.67. The second-order valence-corrected chi connectivity index (χ2v) is 8.68. The number of benzene rings is 1. The minimum absolute atomic E-state index is 0.322. The SMILES string of the molecule is CN=C(NCCCc1ccc(C(C)C)cc1)NC1CCN(CCOC(C)C)CC1. The molecule has 1 fully saturated rings. The Morgan fingerprint density at radius 1 is 1.14 bits per heavy atom. The maximum atomic E-state index is 5.67. The number of hydrogen-bond acceptors (Lipinski definition) is 3. The van der Waals surface area contributed by atoms with Gasteiger partial charge in [-0.15, -0.1) is 0 Å². The van der Waals surface area contributed by atoms with Gasteiger partial charge in [-0.2, -0.15) is 0 Å². The summed E-state index contributed by atoms with van der Waals surface area (Å²) in [6.07, 6.45) is 4.84. The Hall–Kier alpha value is -1.59. The quantitative estimate of drug-likeness (QED) is 0.355. The maximum Gasteiger partial charge on any atom is 0.191 e. The van der Waals surface area contributed by atoms with Gasteiger partial charge in [-0.1, -0.05) is 38.1 Å². The molecule has 1 aliphatic rings. The summed E-state index contributed by atoms with van der Waals surface area (Å²) < 4.78 is 5.67. The van der Waals surface area contributed by atoms with Crippen LogP contribution in [0.3, 0.4) is 0 Å². The van der Waals surface area contributed by atoms with Crippen molar-refractivity contribution < 1.29 is 4.74 Å². The minimum atomic E-state index is 0.322. The Bertz CT molecular complexity index is 589. The molecule has 0 spiro atoms. The van der Waals surface area contributed by atoms with Crippen LogP contribution in [-0.4, -0.2) is 62.8 Å². The summed E-state index contributed by atoms with van der Waals surface area (Å²) in [6, 6.07) is 9.56. The van der Waals surface area contributed by atoms with E-state index in [1.165, 1.54) is 11.1 Å². The summed E-state index contributed by atoms with van der Waals surface area (Å²) in [6.45, 7) is 13.7. The molecule has 5 heteroatoms. The van der Waals surface area contributed by atoms with Gasteiger partial charge in [0.2, 0.25) is 0 Å². The van der Waals surface area contributed by atoms with E-state index in [1.807, 2.05) is 7.05 Å². The first-order valence-corrected chi connectivity index (χ1v) is 11.4. The second-order valence-electron chi connectivity index (χ2n) is 8.68. The van der Waals surface area contributed by atoms with Crippen molar-refractivity contribution in [1.82, 2.24) is 15.5 Å². The zero-order chi connectivity index (χ0) is 21.1. The van der Waals surface area contributed by atoms with Gasteiger partial charge in [0.1, 0.15) is 0 Å². The van der Waals surface area contributed by atoms with E-state index in [1.54, 1.807) is 0 Å². The third-order valence-corrected chi connectivity index (χ3v) is 5.59. The summed E-state index contributed by atoms with van der Waals surface area (Å²) >= 11 is 0. The number of piperidine rings is 1. The van der Waals surface area contributed by atoms with Crippen LogP contribution in [0.2, 0.25) is 0 Å². The van der Waals surface area contributed by atoms with Crippen LogP contribution in [-0.2, 0) is 11.2 Å². The maximum absolute atomic E-state index is 5.67. The molecule has 1 aromatic carbocycles. The zero-order valence-electron chi connectivity index (χ0n) is 19.2. The van der Waals surface area contributed by atoms with Gasteiger partial charge in [-0.05, 0) is 56.6 Å². The van der Waals surface area contributed by atoms with Gasteiger partial charge >= 0.3 is 0 Å². The Morgan fingerprint density at radius 2 is 1.83 bits per heavy atom. The molecular formula is C24H42N4O. The molecule has 0 saturated carbocycles. The number of hydrogen-bond donors (Lipinski definition) is 2. The highest BCUT2D eigenvalue weighted by Gasteiger charge is 2.19. The molecular weight excluding hydrogens is 360 g/mol. The summed E-state index contributed by atoms with van der Waals surface area (Å²) in [7, 11) is 1.86. The number of aryl methyl sites for hydroxylation is 1. The van der Waals surface area contributed by atoms with E-state index in [4.69, 9.17) is 4.74 Å². The molecule has 1 heterocycles. The van der Waals surface area contributed by atoms with Crippen molar-refractivity contribution >= 4 is 5.96 Å². The number of likely N-dealkylation sites (tertiary alicyclic amines) is 1. The first kappa shape index (κ1) is 23.7. The summed E-state index contributed by atoms with van der Waals surface area (Å²) in [5.41, 5.74) is 2.82. The van der Waals surface area contributed by atoms with E-state index >= 15 is 0 Å². The third-order valence-electron chi connectivity index (χ3n) is 5.59. The Balaban J connectivity index is 1.60. The molecule has 164 valence electrons. The monoisotopic (exact) mass is 402 g/mol. The Labute approximate surface area is 178 Å². The molecule has 5 nitrogen and oxygen atoms in total. The molecule has 1 aliphatic heterocycles. The standard InChI is InChI=1S/C24H42N4O/c1-19(2)22-10-8-21(9-11-22)7-6-14-26-24(25-5)27-23-12-15-28(16-13-23)17-18-29-20(3)4/h8-11,19-20,23H,6-7,12-18H2,1-5H3,(H2,25,26,27). The fraction of sp³-hybridized carbons (Fsp3) is 0.708. The van der Waals surface area contributed by atoms with Crippen LogP contribution >= 0.6 is 0 Å². The zero-order valence-corrected chi connectivity index (χ0v) is 19.2. The van der Waals surface area contributed by atoms with Crippen molar-refractivity contribution in [2.45, 2.75) is 71.4 Å². The van der Waals surface area contributed by atoms with Crippen molar-refractivity contribution in [2.24, 2.45) is 4.99 Å². The van der Waals surface area contributed by atoms with Crippen LogP contribution < -0.4 is 10.6 Å². The summed E-state index contributed by atoms with van der Waals surface area (Å²) in [5, 5.41) is 7.08. The van der Waals surface area contributed by atoms with Gasteiger partial charge in [0.15, 0.2) is 5.96 Å². The molecule has 1 aromatic rings. The Morgan fingerprint density at radius 3 is 2.41 bits per heavy atom. The highest BCUT2D eigenvalue weighted by atomic mass is 16.5. The van der Waals surface area contributed by atoms with Gasteiger partial charge in [0.25, 0.3) is 0 Å². The lowest BCUT2D eigenvalue weighted by Crippen LogP contribution is -2.49. The van der Waals surface area contributed by atoms with Crippen LogP contribution in [0.1, 0.15) is 64.0 Å². The third kappa shape index (κ3) is 9.18. The molecule has 29 heavy (non-hydrogen) atoms. The molecule has 0 aliphatic carbocycles. The highest BCUT2D eigenvalue weighted by molar-refractivity contribution is 5.79. The molecule has 0 aromatic heterocycles. The van der Waals surface area contributed by atoms with Crippen LogP contribution in [0.5, 0.6) is 0 Å². The predicted octanol–water partition coefficient (Wildman–Crippen LogP) is 3.80. The minimum Gasteiger partial charge on any atom is -0.377 e. The molecule has 0 unspecified atom stereocenters. The van der Waals surface area contributed by atoms with E-state index in [9.17, 15) is 0 Å².